The lowest BCUT2D eigenvalue weighted by Crippen LogP contribution is -2.53. The Hall–Kier alpha value is -3.35. The summed E-state index contributed by atoms with van der Waals surface area (Å²) < 4.78 is 5.65. The van der Waals surface area contributed by atoms with Crippen LogP contribution >= 0.6 is 0 Å². The Morgan fingerprint density at radius 3 is 2.26 bits per heavy atom. The number of carbonyl (C=O) groups excluding carboxylic acids is 2. The number of hydrogen-bond donors (Lipinski definition) is 2. The first kappa shape index (κ1) is 22.4. The summed E-state index contributed by atoms with van der Waals surface area (Å²) in [5.41, 5.74) is 3.99. The van der Waals surface area contributed by atoms with E-state index in [4.69, 9.17) is 4.74 Å². The number of carboxylic acid groups (broad SMARTS) is 1. The Labute approximate surface area is 199 Å². The van der Waals surface area contributed by atoms with Gasteiger partial charge in [0.25, 0.3) is 0 Å². The van der Waals surface area contributed by atoms with Gasteiger partial charge in [0.2, 0.25) is 5.91 Å². The Balaban J connectivity index is 1.21. The number of likely N-dealkylation sites (tertiary alicyclic amines) is 1. The van der Waals surface area contributed by atoms with Crippen molar-refractivity contribution in [2.45, 2.75) is 56.5 Å². The van der Waals surface area contributed by atoms with Crippen molar-refractivity contribution < 1.29 is 24.2 Å². The molecular weight excluding hydrogens is 432 g/mol. The molecule has 1 saturated carbocycles. The van der Waals surface area contributed by atoms with E-state index in [2.05, 4.69) is 29.6 Å². The zero-order valence-electron chi connectivity index (χ0n) is 19.3. The maximum atomic E-state index is 13.0. The number of nitrogens with one attached hydrogen (secondary N) is 1. The predicted molar refractivity (Wildman–Crippen MR) is 126 cm³/mol. The predicted octanol–water partition coefficient (Wildman–Crippen LogP) is 4.16. The zero-order valence-corrected chi connectivity index (χ0v) is 19.3. The lowest BCUT2D eigenvalue weighted by Gasteiger charge is -2.38. The van der Waals surface area contributed by atoms with Crippen molar-refractivity contribution in [1.29, 1.82) is 0 Å². The Morgan fingerprint density at radius 2 is 1.68 bits per heavy atom. The van der Waals surface area contributed by atoms with Crippen molar-refractivity contribution in [1.82, 2.24) is 10.2 Å². The summed E-state index contributed by atoms with van der Waals surface area (Å²) in [6.07, 6.45) is 2.53. The topological polar surface area (TPSA) is 95.9 Å². The molecule has 2 unspecified atom stereocenters. The first-order valence-electron chi connectivity index (χ1n) is 12.0. The Bertz CT molecular complexity index is 1080. The third-order valence-electron chi connectivity index (χ3n) is 7.56. The fourth-order valence-corrected chi connectivity index (χ4v) is 5.58. The van der Waals surface area contributed by atoms with Crippen LogP contribution in [0.25, 0.3) is 11.1 Å². The molecule has 2 aromatic carbocycles. The van der Waals surface area contributed by atoms with Crippen LogP contribution in [0.5, 0.6) is 0 Å². The lowest BCUT2D eigenvalue weighted by atomic mass is 9.90. The fourth-order valence-electron chi connectivity index (χ4n) is 5.58. The number of amides is 2. The van der Waals surface area contributed by atoms with Crippen LogP contribution in [-0.4, -0.2) is 52.7 Å². The number of nitrogens with zero attached hydrogens (tertiary/aromatic N) is 1. The summed E-state index contributed by atoms with van der Waals surface area (Å²) in [6.45, 7) is 2.54. The molecule has 0 radical (unpaired) electrons. The first-order valence-corrected chi connectivity index (χ1v) is 12.0. The number of ether oxygens (including phenoxy) is 1. The van der Waals surface area contributed by atoms with Crippen LogP contribution in [0, 0.1) is 5.92 Å². The largest absolute Gasteiger partial charge is 0.480 e. The minimum atomic E-state index is -0.963. The van der Waals surface area contributed by atoms with Crippen LogP contribution in [0.2, 0.25) is 0 Å². The number of carbonyl (C=O) groups is 3. The van der Waals surface area contributed by atoms with E-state index < -0.39 is 23.6 Å². The van der Waals surface area contributed by atoms with E-state index in [1.54, 1.807) is 0 Å². The van der Waals surface area contributed by atoms with Crippen molar-refractivity contribution in [2.24, 2.45) is 5.92 Å². The molecular formula is C27H30N2O5. The van der Waals surface area contributed by atoms with Gasteiger partial charge in [-0.1, -0.05) is 55.5 Å². The molecule has 5 rings (SSSR count). The van der Waals surface area contributed by atoms with Crippen LogP contribution in [-0.2, 0) is 14.3 Å². The van der Waals surface area contributed by atoms with E-state index >= 15 is 0 Å². The van der Waals surface area contributed by atoms with E-state index in [1.165, 1.54) is 16.0 Å². The molecule has 2 amide bonds. The van der Waals surface area contributed by atoms with Crippen molar-refractivity contribution in [3.05, 3.63) is 59.7 Å². The molecule has 0 spiro atoms. The van der Waals surface area contributed by atoms with Gasteiger partial charge in [-0.25, -0.2) is 9.59 Å². The normalized spacial score (nSPS) is 22.4. The van der Waals surface area contributed by atoms with Gasteiger partial charge in [0.05, 0.1) is 12.0 Å². The number of fused-ring (bicyclic) bond motifs is 3. The highest BCUT2D eigenvalue weighted by atomic mass is 16.5. The summed E-state index contributed by atoms with van der Waals surface area (Å²) in [5.74, 6) is -1.29. The second kappa shape index (κ2) is 8.78. The maximum Gasteiger partial charge on any atom is 0.407 e. The monoisotopic (exact) mass is 462 g/mol. The van der Waals surface area contributed by atoms with Gasteiger partial charge in [0.1, 0.15) is 12.6 Å². The van der Waals surface area contributed by atoms with Crippen LogP contribution in [0.4, 0.5) is 4.79 Å². The fraction of sp³-hybridized carbons (Fsp3) is 0.444. The summed E-state index contributed by atoms with van der Waals surface area (Å²) in [4.78, 5) is 38.9. The molecule has 34 heavy (non-hydrogen) atoms. The van der Waals surface area contributed by atoms with E-state index in [0.29, 0.717) is 19.4 Å². The molecule has 1 saturated heterocycles. The number of alkyl carbamates (subject to hydrolysis) is 1. The Morgan fingerprint density at radius 1 is 1.06 bits per heavy atom. The van der Waals surface area contributed by atoms with Gasteiger partial charge >= 0.3 is 12.1 Å². The van der Waals surface area contributed by atoms with Crippen LogP contribution < -0.4 is 5.32 Å². The smallest absolute Gasteiger partial charge is 0.407 e. The molecule has 3 aliphatic rings. The van der Waals surface area contributed by atoms with Gasteiger partial charge < -0.3 is 20.1 Å². The summed E-state index contributed by atoms with van der Waals surface area (Å²) in [5, 5.41) is 12.5. The summed E-state index contributed by atoms with van der Waals surface area (Å²) >= 11 is 0. The van der Waals surface area contributed by atoms with E-state index in [0.717, 1.165) is 24.0 Å². The molecule has 2 fully saturated rings. The molecule has 0 aromatic heterocycles. The third kappa shape index (κ3) is 4.15. The number of benzene rings is 2. The molecule has 7 nitrogen and oxygen atoms in total. The molecule has 2 aromatic rings. The van der Waals surface area contributed by atoms with E-state index in [-0.39, 0.29) is 30.8 Å². The van der Waals surface area contributed by atoms with Gasteiger partial charge in [0, 0.05) is 12.5 Å². The van der Waals surface area contributed by atoms with E-state index in [9.17, 15) is 19.5 Å². The second-order valence-electron chi connectivity index (χ2n) is 9.90. The highest BCUT2D eigenvalue weighted by molar-refractivity contribution is 5.86. The number of aliphatic carboxylic acids is 1. The quantitative estimate of drug-likeness (QED) is 0.672. The third-order valence-corrected chi connectivity index (χ3v) is 7.56. The number of piperidine rings is 1. The summed E-state index contributed by atoms with van der Waals surface area (Å²) in [7, 11) is 0. The number of carboxylic acids is 1. The highest BCUT2D eigenvalue weighted by Gasteiger charge is 2.48. The van der Waals surface area contributed by atoms with Gasteiger partial charge in [-0.05, 0) is 53.9 Å². The van der Waals surface area contributed by atoms with Crippen LogP contribution in [0.3, 0.4) is 0 Å². The lowest BCUT2D eigenvalue weighted by molar-refractivity contribution is -0.155. The van der Waals surface area contributed by atoms with Crippen LogP contribution in [0.1, 0.15) is 56.1 Å². The van der Waals surface area contributed by atoms with Crippen molar-refractivity contribution in [3.8, 4) is 11.1 Å². The molecule has 1 heterocycles. The second-order valence-corrected chi connectivity index (χ2v) is 9.90. The molecule has 178 valence electrons. The first-order chi connectivity index (χ1) is 16.4. The van der Waals surface area contributed by atoms with Crippen molar-refractivity contribution >= 4 is 18.0 Å². The molecule has 7 heteroatoms. The van der Waals surface area contributed by atoms with Gasteiger partial charge in [-0.2, -0.15) is 0 Å². The SMILES string of the molecule is CC1CCCN(C(=O)CC2(NC(=O)OCC3c4ccccc4-c4ccccc43)CC2)C1C(=O)O. The van der Waals surface area contributed by atoms with Gasteiger partial charge in [-0.15, -0.1) is 0 Å². The Kier molecular flexibility index (Phi) is 5.80. The molecule has 2 N–H and O–H groups in total. The minimum Gasteiger partial charge on any atom is -0.480 e. The van der Waals surface area contributed by atoms with Gasteiger partial charge in [0.15, 0.2) is 0 Å². The van der Waals surface area contributed by atoms with Crippen molar-refractivity contribution in [2.75, 3.05) is 13.2 Å². The molecule has 1 aliphatic heterocycles. The van der Waals surface area contributed by atoms with E-state index in [1.807, 2.05) is 31.2 Å². The number of hydrogen-bond acceptors (Lipinski definition) is 4. The van der Waals surface area contributed by atoms with Crippen LogP contribution in [0.15, 0.2) is 48.5 Å². The van der Waals surface area contributed by atoms with Crippen molar-refractivity contribution in [3.63, 3.8) is 0 Å². The molecule has 0 bridgehead atoms. The average molecular weight is 463 g/mol. The number of rotatable bonds is 6. The zero-order chi connectivity index (χ0) is 23.9. The van der Waals surface area contributed by atoms with Gasteiger partial charge in [-0.3, -0.25) is 4.79 Å². The highest BCUT2D eigenvalue weighted by Crippen LogP contribution is 2.45. The maximum absolute atomic E-state index is 13.0. The summed E-state index contributed by atoms with van der Waals surface area (Å²) in [6, 6.07) is 15.5. The molecule has 2 aliphatic carbocycles. The minimum absolute atomic E-state index is 0.0268. The standard InChI is InChI=1S/C27H30N2O5/c1-17-7-6-14-29(24(17)25(31)32)23(30)15-27(12-13-27)28-26(33)34-16-22-20-10-4-2-8-18(20)19-9-3-5-11-21(19)22/h2-5,8-11,17,22,24H,6-7,12-16H2,1H3,(H,28,33)(H,31,32). The average Bonchev–Trinajstić information content (AvgIpc) is 3.49. The molecule has 2 atom stereocenters.